The number of nitrogens with zero attached hydrogens (tertiary/aromatic N) is 3. The summed E-state index contributed by atoms with van der Waals surface area (Å²) in [6, 6.07) is 3.58. The van der Waals surface area contributed by atoms with Crippen LogP contribution in [0.2, 0.25) is 5.02 Å². The van der Waals surface area contributed by atoms with Gasteiger partial charge >= 0.3 is 6.09 Å². The van der Waals surface area contributed by atoms with Crippen LogP contribution in [-0.4, -0.2) is 40.7 Å². The number of nitrogens with one attached hydrogen (secondary N) is 1. The van der Waals surface area contributed by atoms with Gasteiger partial charge in [0.15, 0.2) is 5.69 Å². The van der Waals surface area contributed by atoms with Crippen molar-refractivity contribution < 1.29 is 9.53 Å². The molecule has 2 atom stereocenters. The summed E-state index contributed by atoms with van der Waals surface area (Å²) >= 11 is 6.14. The van der Waals surface area contributed by atoms with Crippen LogP contribution >= 0.6 is 11.6 Å². The molecule has 7 heteroatoms. The van der Waals surface area contributed by atoms with Crippen molar-refractivity contribution in [1.29, 1.82) is 5.26 Å². The molecule has 1 aromatic rings. The van der Waals surface area contributed by atoms with Crippen LogP contribution in [0.5, 0.6) is 0 Å². The summed E-state index contributed by atoms with van der Waals surface area (Å²) in [6.07, 6.45) is 1.22. The van der Waals surface area contributed by atoms with Crippen LogP contribution in [0.3, 0.4) is 0 Å². The lowest BCUT2D eigenvalue weighted by molar-refractivity contribution is -0.0243. The molecule has 1 aliphatic heterocycles. The Kier molecular flexibility index (Phi) is 5.07. The van der Waals surface area contributed by atoms with Gasteiger partial charge in [0.2, 0.25) is 0 Å². The number of rotatable bonds is 1. The van der Waals surface area contributed by atoms with Crippen LogP contribution in [0, 0.1) is 11.3 Å². The molecule has 1 aliphatic rings. The number of nitriles is 1. The van der Waals surface area contributed by atoms with Crippen LogP contribution in [0.1, 0.15) is 45.9 Å². The van der Waals surface area contributed by atoms with Gasteiger partial charge in [-0.05, 0) is 46.2 Å². The van der Waals surface area contributed by atoms with E-state index in [1.54, 1.807) is 17.2 Å². The predicted octanol–water partition coefficient (Wildman–Crippen LogP) is 3.05. The maximum Gasteiger partial charge on any atom is 0.411 e. The Morgan fingerprint density at radius 3 is 2.79 bits per heavy atom. The van der Waals surface area contributed by atoms with E-state index in [1.165, 1.54) is 0 Å². The number of hydrogen-bond donors (Lipinski definition) is 1. The zero-order valence-corrected chi connectivity index (χ0v) is 15.4. The molecule has 1 N–H and O–H groups in total. The van der Waals surface area contributed by atoms with Gasteiger partial charge in [-0.2, -0.15) is 5.26 Å². The Balaban J connectivity index is 2.44. The van der Waals surface area contributed by atoms with E-state index in [9.17, 15) is 4.79 Å². The van der Waals surface area contributed by atoms with Crippen LogP contribution in [0.15, 0.2) is 12.3 Å². The van der Waals surface area contributed by atoms with E-state index < -0.39 is 11.1 Å². The van der Waals surface area contributed by atoms with Gasteiger partial charge in [-0.1, -0.05) is 11.6 Å². The fraction of sp³-hybridized carbons (Fsp3) is 0.588. The van der Waals surface area contributed by atoms with Gasteiger partial charge in [-0.15, -0.1) is 0 Å². The van der Waals surface area contributed by atoms with Crippen molar-refractivity contribution in [2.45, 2.75) is 51.8 Å². The second kappa shape index (κ2) is 6.58. The average molecular weight is 351 g/mol. The van der Waals surface area contributed by atoms with Gasteiger partial charge in [0.25, 0.3) is 0 Å². The number of ether oxygens (including phenoxy) is 1. The summed E-state index contributed by atoms with van der Waals surface area (Å²) in [5, 5.41) is 12.6. The minimum atomic E-state index is -0.676. The second-order valence-electron chi connectivity index (χ2n) is 7.27. The van der Waals surface area contributed by atoms with Gasteiger partial charge in [0.05, 0.1) is 10.6 Å². The molecule has 1 aromatic heterocycles. The Hall–Kier alpha value is -1.84. The predicted molar refractivity (Wildman–Crippen MR) is 91.7 cm³/mol. The zero-order chi connectivity index (χ0) is 18.1. The Labute approximate surface area is 147 Å². The van der Waals surface area contributed by atoms with E-state index in [-0.39, 0.29) is 22.9 Å². The monoisotopic (exact) mass is 350 g/mol. The van der Waals surface area contributed by atoms with Crippen molar-refractivity contribution >= 4 is 17.7 Å². The van der Waals surface area contributed by atoms with Gasteiger partial charge in [-0.25, -0.2) is 9.78 Å². The van der Waals surface area contributed by atoms with Gasteiger partial charge in [0.1, 0.15) is 11.7 Å². The maximum absolute atomic E-state index is 12.8. The highest BCUT2D eigenvalue weighted by molar-refractivity contribution is 6.31. The zero-order valence-electron chi connectivity index (χ0n) is 14.7. The number of pyridine rings is 1. The molecule has 1 amide bonds. The third-order valence-electron chi connectivity index (χ3n) is 4.04. The van der Waals surface area contributed by atoms with Gasteiger partial charge in [0, 0.05) is 25.3 Å². The molecule has 6 nitrogen and oxygen atoms in total. The van der Waals surface area contributed by atoms with Crippen LogP contribution < -0.4 is 5.32 Å². The van der Waals surface area contributed by atoms with Crippen LogP contribution in [0.25, 0.3) is 0 Å². The number of amides is 1. The third-order valence-corrected chi connectivity index (χ3v) is 4.33. The molecule has 130 valence electrons. The van der Waals surface area contributed by atoms with Crippen molar-refractivity contribution in [2.24, 2.45) is 0 Å². The number of carbonyl (C=O) groups excluding carboxylic acids is 1. The topological polar surface area (TPSA) is 78.3 Å². The Morgan fingerprint density at radius 1 is 1.58 bits per heavy atom. The third kappa shape index (κ3) is 3.63. The van der Waals surface area contributed by atoms with Crippen molar-refractivity contribution in [2.75, 3.05) is 13.1 Å². The summed E-state index contributed by atoms with van der Waals surface area (Å²) in [5.74, 6) is 0. The van der Waals surface area contributed by atoms with Gasteiger partial charge < -0.3 is 10.1 Å². The van der Waals surface area contributed by atoms with Crippen LogP contribution in [0.4, 0.5) is 4.79 Å². The first-order valence-corrected chi connectivity index (χ1v) is 8.25. The average Bonchev–Trinajstić information content (AvgIpc) is 2.45. The van der Waals surface area contributed by atoms with Crippen LogP contribution in [-0.2, 0) is 10.3 Å². The standard InChI is InChI=1S/C17H23ClN4O2/c1-11-8-20-10-17(5,22(11)15(23)24-16(2,3)4)12-6-13(18)14(7-19)21-9-12/h6,9,11,20H,8,10H2,1-5H3. The molecule has 2 heterocycles. The molecule has 0 spiro atoms. The fourth-order valence-corrected chi connectivity index (χ4v) is 3.14. The molecule has 2 rings (SSSR count). The second-order valence-corrected chi connectivity index (χ2v) is 7.68. The SMILES string of the molecule is CC1CNCC(C)(c2cnc(C#N)c(Cl)c2)N1C(=O)OC(C)(C)C. The minimum Gasteiger partial charge on any atom is -0.444 e. The molecule has 0 aliphatic carbocycles. The lowest BCUT2D eigenvalue weighted by atomic mass is 9.87. The first-order chi connectivity index (χ1) is 11.1. The van der Waals surface area contributed by atoms with E-state index in [1.807, 2.05) is 40.7 Å². The largest absolute Gasteiger partial charge is 0.444 e. The number of carbonyl (C=O) groups is 1. The highest BCUT2D eigenvalue weighted by Gasteiger charge is 2.44. The van der Waals surface area contributed by atoms with Crippen molar-refractivity contribution in [1.82, 2.24) is 15.2 Å². The van der Waals surface area contributed by atoms with E-state index in [0.29, 0.717) is 13.1 Å². The number of hydrogen-bond acceptors (Lipinski definition) is 5. The fourth-order valence-electron chi connectivity index (χ4n) is 2.94. The normalized spacial score (nSPS) is 24.4. The van der Waals surface area contributed by atoms with E-state index in [2.05, 4.69) is 10.3 Å². The maximum atomic E-state index is 12.8. The number of piperazine rings is 1. The molecule has 24 heavy (non-hydrogen) atoms. The van der Waals surface area contributed by atoms with Gasteiger partial charge in [-0.3, -0.25) is 4.90 Å². The minimum absolute atomic E-state index is 0.0620. The quantitative estimate of drug-likeness (QED) is 0.842. The van der Waals surface area contributed by atoms with E-state index in [4.69, 9.17) is 21.6 Å². The smallest absolute Gasteiger partial charge is 0.411 e. The Morgan fingerprint density at radius 2 is 2.25 bits per heavy atom. The summed E-state index contributed by atoms with van der Waals surface area (Å²) in [4.78, 5) is 18.6. The van der Waals surface area contributed by atoms with Crippen molar-refractivity contribution in [3.63, 3.8) is 0 Å². The molecule has 0 bridgehead atoms. The molecule has 1 fully saturated rings. The molecule has 0 saturated carbocycles. The summed E-state index contributed by atoms with van der Waals surface area (Å²) in [7, 11) is 0. The number of aromatic nitrogens is 1. The van der Waals surface area contributed by atoms with E-state index >= 15 is 0 Å². The molecule has 0 radical (unpaired) electrons. The summed E-state index contributed by atoms with van der Waals surface area (Å²) in [5.41, 5.74) is -0.325. The highest BCUT2D eigenvalue weighted by Crippen LogP contribution is 2.34. The van der Waals surface area contributed by atoms with Crippen molar-refractivity contribution in [3.05, 3.63) is 28.5 Å². The first kappa shape index (κ1) is 18.5. The lowest BCUT2D eigenvalue weighted by Crippen LogP contribution is -2.64. The highest BCUT2D eigenvalue weighted by atomic mass is 35.5. The molecule has 0 aromatic carbocycles. The number of halogens is 1. The lowest BCUT2D eigenvalue weighted by Gasteiger charge is -2.48. The molecule has 1 saturated heterocycles. The molecular weight excluding hydrogens is 328 g/mol. The molecular formula is C17H23ClN4O2. The summed E-state index contributed by atoms with van der Waals surface area (Å²) < 4.78 is 5.59. The van der Waals surface area contributed by atoms with E-state index in [0.717, 1.165) is 5.56 Å². The Bertz CT molecular complexity index is 680. The first-order valence-electron chi connectivity index (χ1n) is 7.87. The van der Waals surface area contributed by atoms with Crippen molar-refractivity contribution in [3.8, 4) is 6.07 Å². The molecule has 2 unspecified atom stereocenters. The summed E-state index contributed by atoms with van der Waals surface area (Å²) in [6.45, 7) is 10.7.